The molecule has 0 aromatic heterocycles. The Bertz CT molecular complexity index is 3210. The predicted octanol–water partition coefficient (Wildman–Crippen LogP) is 15.8. The molecule has 6 unspecified atom stereocenters. The van der Waals surface area contributed by atoms with Gasteiger partial charge in [-0.3, -0.25) is 0 Å². The Labute approximate surface area is 680 Å². The van der Waals surface area contributed by atoms with Crippen molar-refractivity contribution in [2.24, 2.45) is 0 Å². The van der Waals surface area contributed by atoms with Crippen LogP contribution < -0.4 is 16.0 Å². The zero-order valence-corrected chi connectivity index (χ0v) is 71.9. The zero-order chi connectivity index (χ0) is 78.0. The van der Waals surface area contributed by atoms with Gasteiger partial charge < -0.3 is 92.0 Å². The van der Waals surface area contributed by atoms with Gasteiger partial charge in [-0.05, 0) is 36.4 Å². The Balaban J connectivity index is 0.000000252. The summed E-state index contributed by atoms with van der Waals surface area (Å²) in [5.74, 6) is 0. The molecule has 0 aliphatic carbocycles. The van der Waals surface area contributed by atoms with E-state index in [1.807, 2.05) is 133 Å². The van der Waals surface area contributed by atoms with Gasteiger partial charge in [0.2, 0.25) is 15.2 Å². The van der Waals surface area contributed by atoms with Crippen molar-refractivity contribution in [3.63, 3.8) is 0 Å². The van der Waals surface area contributed by atoms with Crippen LogP contribution in [-0.2, 0) is 55.6 Å². The topological polar surface area (TPSA) is 296 Å². The normalized spacial score (nSPS) is 28.0. The van der Waals surface area contributed by atoms with Crippen molar-refractivity contribution in [1.29, 1.82) is 0 Å². The maximum atomic E-state index is 13.0. The minimum Gasteiger partial charge on any atom is -0.445 e. The minimum atomic E-state index is -3.12. The van der Waals surface area contributed by atoms with Gasteiger partial charge in [-0.15, -0.1) is 0 Å². The molecule has 7 N–H and O–H groups in total. The number of fused-ring (bicyclic) bond motifs is 2. The van der Waals surface area contributed by atoms with Gasteiger partial charge >= 0.3 is 41.6 Å². The van der Waals surface area contributed by atoms with E-state index in [0.29, 0.717) is 6.61 Å². The Kier molecular flexibility index (Phi) is 34.0. The van der Waals surface area contributed by atoms with Gasteiger partial charge in [-0.1, -0.05) is 312 Å². The van der Waals surface area contributed by atoms with E-state index in [2.05, 4.69) is 57.5 Å². The molecule has 0 spiro atoms. The van der Waals surface area contributed by atoms with Crippen LogP contribution in [0.3, 0.4) is 0 Å². The molecule has 5 saturated heterocycles. The van der Waals surface area contributed by atoms with E-state index in [0.717, 1.165) is 14.7 Å². The summed E-state index contributed by atoms with van der Waals surface area (Å²) in [5.41, 5.74) is -2.26. The summed E-state index contributed by atoms with van der Waals surface area (Å²) in [6.07, 6.45) is -12.7. The summed E-state index contributed by atoms with van der Waals surface area (Å²) >= 11 is 72.3. The van der Waals surface area contributed by atoms with Crippen LogP contribution >= 0.6 is 174 Å². The standard InChI is InChI=1S/C26H35Cl6NO8SSi.C23H34Cl3NO6SSi.C15H18Cl3NO6S/c1-23(2,3)43(24(4,5)6)38-12-16-18(41-43)19(40-22(35)37-14-26(30,31)32)17(33-21(34)36-13-25(27,28)29)20(39-16)42-15-10-8-7-9-11-15;1-21(2,3)35(22(4,5)6)31-12-15-18(33-35)17(28)16(27-20(29)30-13-23(24,25)26)19(32-15)34-14-10-8-7-9-11-14;16-15(17,18)7-24-14(23)19-10-12(22)11(21)9(6-20)25-13(10)26-8-4-2-1-3-5-8/h7-11,16-20H,12-14H2,1-6H3,(H,33,34);7-11,15-19,28H,12-13H2,1-6H3,(H,27,29);1-5,9-13,20-22H,6-7H2,(H,19,23)/t16?,17?,18-,19+,20-;15?,16?,17-,18+,19+;9?,10?,11-,12+,13-/m010/s1. The third kappa shape index (κ3) is 26.7. The van der Waals surface area contributed by atoms with Crippen LogP contribution in [0.5, 0.6) is 0 Å². The molecule has 23 nitrogen and oxygen atoms in total. The zero-order valence-electron chi connectivity index (χ0n) is 58.4. The van der Waals surface area contributed by atoms with Gasteiger partial charge in [0.15, 0.2) is 6.10 Å². The van der Waals surface area contributed by atoms with E-state index in [1.165, 1.54) is 35.3 Å². The maximum Gasteiger partial charge on any atom is 0.508 e. The number of thioether (sulfide) groups is 3. The van der Waals surface area contributed by atoms with Gasteiger partial charge in [-0.2, -0.15) is 0 Å². The monoisotopic (exact) mass is 1790 g/mol. The Hall–Kier alpha value is -0.736. The molecule has 0 radical (unpaired) electrons. The molecular formula is C64H87Cl12N3O20S3Si2. The first-order valence-corrected chi connectivity index (χ1v) is 43.0. The minimum absolute atomic E-state index is 0.158. The van der Waals surface area contributed by atoms with Crippen molar-refractivity contribution in [2.75, 3.05) is 46.2 Å². The largest absolute Gasteiger partial charge is 0.508 e. The van der Waals surface area contributed by atoms with Gasteiger partial charge in [-0.25, -0.2) is 19.2 Å². The van der Waals surface area contributed by atoms with E-state index < -0.39 is 189 Å². The number of carbonyl (C=O) groups is 4. The molecule has 588 valence electrons. The molecule has 0 saturated carbocycles. The van der Waals surface area contributed by atoms with Crippen LogP contribution in [-0.4, -0.2) is 213 Å². The molecule has 104 heavy (non-hydrogen) atoms. The fraction of sp³-hybridized carbons (Fsp3) is 0.656. The lowest BCUT2D eigenvalue weighted by Gasteiger charge is -2.57. The van der Waals surface area contributed by atoms with Gasteiger partial charge in [0, 0.05) is 34.8 Å². The van der Waals surface area contributed by atoms with Crippen LogP contribution in [0.1, 0.15) is 83.1 Å². The third-order valence-electron chi connectivity index (χ3n) is 16.2. The molecular weight excluding hydrogens is 1710 g/mol. The van der Waals surface area contributed by atoms with E-state index in [4.69, 9.17) is 195 Å². The van der Waals surface area contributed by atoms with Crippen LogP contribution in [0.2, 0.25) is 20.2 Å². The first-order valence-electron chi connectivity index (χ1n) is 32.2. The molecule has 3 amide bonds. The second-order valence-corrected chi connectivity index (χ2v) is 51.5. The molecule has 0 bridgehead atoms. The smallest absolute Gasteiger partial charge is 0.445 e. The predicted molar refractivity (Wildman–Crippen MR) is 412 cm³/mol. The van der Waals surface area contributed by atoms with Crippen LogP contribution in [0.4, 0.5) is 19.2 Å². The number of rotatable bonds is 15. The van der Waals surface area contributed by atoms with Crippen LogP contribution in [0.25, 0.3) is 0 Å². The number of benzene rings is 3. The molecule has 5 fully saturated rings. The number of hydrogen-bond acceptors (Lipinski definition) is 23. The summed E-state index contributed by atoms with van der Waals surface area (Å²) in [6.45, 7) is 22.7. The van der Waals surface area contributed by atoms with Gasteiger partial charge in [0.1, 0.15) is 97.6 Å². The molecule has 5 aliphatic heterocycles. The second-order valence-electron chi connectivity index (χ2n) is 28.4. The van der Waals surface area contributed by atoms with E-state index in [-0.39, 0.29) is 16.7 Å². The number of halogens is 12. The lowest BCUT2D eigenvalue weighted by atomic mass is 9.98. The van der Waals surface area contributed by atoms with Crippen LogP contribution in [0.15, 0.2) is 106 Å². The lowest BCUT2D eigenvalue weighted by molar-refractivity contribution is -0.198. The number of alkyl carbamates (subject to hydrolysis) is 3. The summed E-state index contributed by atoms with van der Waals surface area (Å²) in [7, 11) is -6.00. The fourth-order valence-corrected chi connectivity index (χ4v) is 26.2. The molecule has 40 heteroatoms. The number of alkyl halides is 12. The van der Waals surface area contributed by atoms with Crippen molar-refractivity contribution in [1.82, 2.24) is 16.0 Å². The third-order valence-corrected chi connectivity index (χ3v) is 31.3. The van der Waals surface area contributed by atoms with Crippen molar-refractivity contribution in [2.45, 2.75) is 222 Å². The van der Waals surface area contributed by atoms with E-state index >= 15 is 0 Å². The highest BCUT2D eigenvalue weighted by atomic mass is 35.6. The van der Waals surface area contributed by atoms with E-state index in [9.17, 15) is 39.6 Å². The number of amides is 3. The van der Waals surface area contributed by atoms with Gasteiger partial charge in [0.25, 0.3) is 0 Å². The molecule has 15 atom stereocenters. The first-order chi connectivity index (χ1) is 47.9. The molecule has 5 aliphatic rings. The number of aliphatic hydroxyl groups is 4. The summed E-state index contributed by atoms with van der Waals surface area (Å²) in [4.78, 5) is 53.0. The molecule has 3 aromatic rings. The quantitative estimate of drug-likeness (QED) is 0.0322. The van der Waals surface area contributed by atoms with Crippen molar-refractivity contribution in [3.8, 4) is 0 Å². The summed E-state index contributed by atoms with van der Waals surface area (Å²) in [6, 6.07) is 25.1. The van der Waals surface area contributed by atoms with Crippen molar-refractivity contribution < 1.29 is 95.2 Å². The van der Waals surface area contributed by atoms with E-state index in [1.54, 1.807) is 0 Å². The highest BCUT2D eigenvalue weighted by molar-refractivity contribution is 8.00. The number of aliphatic hydroxyl groups excluding tert-OH is 4. The highest BCUT2D eigenvalue weighted by Crippen LogP contribution is 2.57. The number of carbonyl (C=O) groups excluding carboxylic acids is 4. The Morgan fingerprint density at radius 1 is 0.442 bits per heavy atom. The maximum absolute atomic E-state index is 13.0. The summed E-state index contributed by atoms with van der Waals surface area (Å²) in [5, 5.41) is 47.8. The highest BCUT2D eigenvalue weighted by Gasteiger charge is 2.67. The molecule has 3 aromatic carbocycles. The average molecular weight is 1800 g/mol. The number of ether oxygens (including phenoxy) is 8. The van der Waals surface area contributed by atoms with Crippen LogP contribution in [0, 0.1) is 0 Å². The lowest BCUT2D eigenvalue weighted by Crippen LogP contribution is -2.73. The van der Waals surface area contributed by atoms with Crippen molar-refractivity contribution in [3.05, 3.63) is 91.0 Å². The fourth-order valence-electron chi connectivity index (χ4n) is 12.2. The first kappa shape index (κ1) is 92.1. The molecule has 8 rings (SSSR count). The Morgan fingerprint density at radius 3 is 1.10 bits per heavy atom. The SMILES string of the molecule is CC(C)(C)[Si]1(C(C)(C)C)OCC2O[C@@H](Sc3ccccc3)C(NC(=O)OCC(Cl)(Cl)Cl)[C@@H](O)[C@H]2O1.CC(C)(C)[Si]1(C(C)(C)C)OCC2O[C@@H](Sc3ccccc3)C(NC(=O)OCC(Cl)(Cl)Cl)[C@@H](OC(=O)OCC(Cl)(Cl)Cl)[C@H]2O1.O=C(NC1[C@@H](O)[C@@H](O)C(CO)O[C@H]1Sc1ccccc1)OCC(Cl)(Cl)Cl. The molecule has 5 heterocycles. The van der Waals surface area contributed by atoms with Gasteiger partial charge in [0.05, 0.1) is 31.9 Å². The second kappa shape index (κ2) is 38.4. The number of hydrogen-bond donors (Lipinski definition) is 7. The average Bonchev–Trinajstić information content (AvgIpc) is 0.731. The Morgan fingerprint density at radius 2 is 0.750 bits per heavy atom. The van der Waals surface area contributed by atoms with Crippen molar-refractivity contribution >= 4 is 216 Å². The number of nitrogens with one attached hydrogen (secondary N) is 3. The summed E-state index contributed by atoms with van der Waals surface area (Å²) < 4.78 is 63.9.